The number of fused-ring (bicyclic) bond motifs is 3. The number of rotatable bonds is 5. The van der Waals surface area contributed by atoms with Crippen LogP contribution in [0.25, 0.3) is 33.2 Å². The van der Waals surface area contributed by atoms with E-state index in [-0.39, 0.29) is 6.54 Å². The van der Waals surface area contributed by atoms with Crippen molar-refractivity contribution >= 4 is 33.8 Å². The zero-order chi connectivity index (χ0) is 19.8. The van der Waals surface area contributed by atoms with E-state index in [0.717, 1.165) is 27.7 Å². The molecule has 0 bridgehead atoms. The van der Waals surface area contributed by atoms with Gasteiger partial charge in [0.25, 0.3) is 0 Å². The molecule has 9 heteroatoms. The molecule has 0 saturated heterocycles. The second-order valence-corrected chi connectivity index (χ2v) is 6.47. The summed E-state index contributed by atoms with van der Waals surface area (Å²) in [6, 6.07) is 7.84. The molecule has 0 atom stereocenters. The SMILES string of the molecule is CCN(Cc1nc2c(N)nc3cc(-c4ccn[nH]4)ccc3c2n1CC)C(=O)O. The Labute approximate surface area is 160 Å². The maximum atomic E-state index is 11.4. The van der Waals surface area contributed by atoms with Crippen LogP contribution in [-0.2, 0) is 13.1 Å². The highest BCUT2D eigenvalue weighted by Crippen LogP contribution is 2.31. The van der Waals surface area contributed by atoms with Gasteiger partial charge in [-0.05, 0) is 32.0 Å². The molecule has 0 saturated carbocycles. The summed E-state index contributed by atoms with van der Waals surface area (Å²) in [4.78, 5) is 21.9. The number of aromatic nitrogens is 5. The number of nitrogens with one attached hydrogen (secondary N) is 1. The third kappa shape index (κ3) is 2.81. The standard InChI is InChI=1S/C19H21N7O2/c1-3-25(19(27)28)10-15-23-16-17(26(15)4-2)12-6-5-11(13-7-8-21-24-13)9-14(12)22-18(16)20/h5-9H,3-4,10H2,1-2H3,(H2,20,22)(H,21,24)(H,27,28). The molecule has 0 radical (unpaired) electrons. The van der Waals surface area contributed by atoms with Crippen LogP contribution in [0.1, 0.15) is 19.7 Å². The van der Waals surface area contributed by atoms with E-state index in [2.05, 4.69) is 20.2 Å². The number of anilines is 1. The van der Waals surface area contributed by atoms with Crippen LogP contribution in [0.4, 0.5) is 10.6 Å². The Kier molecular flexibility index (Phi) is 4.34. The Hall–Kier alpha value is -3.62. The highest BCUT2D eigenvalue weighted by Gasteiger charge is 2.20. The predicted molar refractivity (Wildman–Crippen MR) is 107 cm³/mol. The molecule has 0 aliphatic heterocycles. The number of aryl methyl sites for hydroxylation is 1. The molecule has 4 N–H and O–H groups in total. The monoisotopic (exact) mass is 379 g/mol. The number of benzene rings is 1. The topological polar surface area (TPSA) is 126 Å². The molecular weight excluding hydrogens is 358 g/mol. The Balaban J connectivity index is 1.92. The molecule has 4 rings (SSSR count). The highest BCUT2D eigenvalue weighted by molar-refractivity contribution is 6.07. The van der Waals surface area contributed by atoms with Crippen molar-refractivity contribution in [3.8, 4) is 11.3 Å². The van der Waals surface area contributed by atoms with Crippen LogP contribution in [-0.4, -0.2) is 47.4 Å². The third-order valence-corrected chi connectivity index (χ3v) is 4.90. The number of nitrogens with two attached hydrogens (primary N) is 1. The number of hydrogen-bond acceptors (Lipinski definition) is 5. The summed E-state index contributed by atoms with van der Waals surface area (Å²) in [5.41, 5.74) is 10.3. The van der Waals surface area contributed by atoms with Gasteiger partial charge in [-0.3, -0.25) is 5.10 Å². The summed E-state index contributed by atoms with van der Waals surface area (Å²) in [6.45, 7) is 5.02. The zero-order valence-electron chi connectivity index (χ0n) is 15.7. The lowest BCUT2D eigenvalue weighted by molar-refractivity contribution is 0.143. The number of H-pyrrole nitrogens is 1. The van der Waals surface area contributed by atoms with Crippen LogP contribution in [0.2, 0.25) is 0 Å². The largest absolute Gasteiger partial charge is 0.465 e. The van der Waals surface area contributed by atoms with E-state index in [1.165, 1.54) is 4.90 Å². The minimum Gasteiger partial charge on any atom is -0.465 e. The maximum Gasteiger partial charge on any atom is 0.407 e. The summed E-state index contributed by atoms with van der Waals surface area (Å²) in [5.74, 6) is 0.983. The van der Waals surface area contributed by atoms with Crippen molar-refractivity contribution in [2.24, 2.45) is 0 Å². The first kappa shape index (κ1) is 17.8. The fraction of sp³-hybridized carbons (Fsp3) is 0.263. The minimum atomic E-state index is -0.975. The Bertz CT molecular complexity index is 1160. The molecule has 3 heterocycles. The van der Waals surface area contributed by atoms with Crippen LogP contribution in [0.3, 0.4) is 0 Å². The molecule has 144 valence electrons. The van der Waals surface area contributed by atoms with Crippen molar-refractivity contribution < 1.29 is 9.90 Å². The van der Waals surface area contributed by atoms with Crippen molar-refractivity contribution in [2.75, 3.05) is 12.3 Å². The first-order valence-electron chi connectivity index (χ1n) is 9.09. The van der Waals surface area contributed by atoms with Gasteiger partial charge in [0.1, 0.15) is 11.3 Å². The molecule has 1 aromatic carbocycles. The number of aromatic amines is 1. The summed E-state index contributed by atoms with van der Waals surface area (Å²) < 4.78 is 2.01. The first-order valence-corrected chi connectivity index (χ1v) is 9.09. The number of pyridine rings is 1. The van der Waals surface area contributed by atoms with E-state index >= 15 is 0 Å². The van der Waals surface area contributed by atoms with E-state index in [0.29, 0.717) is 30.2 Å². The number of amides is 1. The van der Waals surface area contributed by atoms with Crippen LogP contribution in [0.5, 0.6) is 0 Å². The first-order chi connectivity index (χ1) is 13.5. The Morgan fingerprint density at radius 3 is 2.75 bits per heavy atom. The van der Waals surface area contributed by atoms with Crippen LogP contribution in [0, 0.1) is 0 Å². The number of nitrogens with zero attached hydrogens (tertiary/aromatic N) is 5. The molecule has 0 unspecified atom stereocenters. The summed E-state index contributed by atoms with van der Waals surface area (Å²) >= 11 is 0. The second kappa shape index (κ2) is 6.84. The average Bonchev–Trinajstić information content (AvgIpc) is 3.33. The molecule has 9 nitrogen and oxygen atoms in total. The van der Waals surface area contributed by atoms with Gasteiger partial charge in [0, 0.05) is 30.2 Å². The van der Waals surface area contributed by atoms with Gasteiger partial charge >= 0.3 is 6.09 Å². The van der Waals surface area contributed by atoms with Gasteiger partial charge in [0.2, 0.25) is 0 Å². The summed E-state index contributed by atoms with van der Waals surface area (Å²) in [5, 5.41) is 17.2. The van der Waals surface area contributed by atoms with Crippen molar-refractivity contribution in [2.45, 2.75) is 26.9 Å². The molecule has 3 aromatic heterocycles. The van der Waals surface area contributed by atoms with E-state index in [4.69, 9.17) is 5.73 Å². The molecule has 0 aliphatic carbocycles. The summed E-state index contributed by atoms with van der Waals surface area (Å²) in [6.07, 6.45) is 0.725. The number of nitrogen functional groups attached to an aromatic ring is 1. The molecule has 28 heavy (non-hydrogen) atoms. The number of hydrogen-bond donors (Lipinski definition) is 3. The molecule has 0 aliphatic rings. The second-order valence-electron chi connectivity index (χ2n) is 6.47. The molecule has 4 aromatic rings. The quantitative estimate of drug-likeness (QED) is 0.489. The highest BCUT2D eigenvalue weighted by atomic mass is 16.4. The molecule has 0 fully saturated rings. The van der Waals surface area contributed by atoms with E-state index in [1.807, 2.05) is 35.8 Å². The number of carboxylic acid groups (broad SMARTS) is 1. The smallest absolute Gasteiger partial charge is 0.407 e. The van der Waals surface area contributed by atoms with Crippen molar-refractivity contribution in [3.05, 3.63) is 36.3 Å². The Morgan fingerprint density at radius 1 is 1.29 bits per heavy atom. The lowest BCUT2D eigenvalue weighted by Crippen LogP contribution is -2.29. The fourth-order valence-electron chi connectivity index (χ4n) is 3.49. The fourth-order valence-corrected chi connectivity index (χ4v) is 3.49. The van der Waals surface area contributed by atoms with E-state index in [9.17, 15) is 9.90 Å². The normalized spacial score (nSPS) is 11.4. The lowest BCUT2D eigenvalue weighted by Gasteiger charge is -2.17. The Morgan fingerprint density at radius 2 is 2.11 bits per heavy atom. The van der Waals surface area contributed by atoms with Gasteiger partial charge in [0.15, 0.2) is 5.82 Å². The van der Waals surface area contributed by atoms with Crippen LogP contribution >= 0.6 is 0 Å². The van der Waals surface area contributed by atoms with Gasteiger partial charge in [-0.1, -0.05) is 6.07 Å². The van der Waals surface area contributed by atoms with Gasteiger partial charge in [-0.15, -0.1) is 0 Å². The van der Waals surface area contributed by atoms with E-state index < -0.39 is 6.09 Å². The molecule has 0 spiro atoms. The lowest BCUT2D eigenvalue weighted by atomic mass is 10.1. The van der Waals surface area contributed by atoms with Gasteiger partial charge in [0.05, 0.1) is 23.3 Å². The van der Waals surface area contributed by atoms with Gasteiger partial charge in [-0.25, -0.2) is 14.8 Å². The third-order valence-electron chi connectivity index (χ3n) is 4.90. The predicted octanol–water partition coefficient (Wildman–Crippen LogP) is 3.08. The average molecular weight is 379 g/mol. The van der Waals surface area contributed by atoms with Crippen LogP contribution < -0.4 is 5.73 Å². The zero-order valence-corrected chi connectivity index (χ0v) is 15.7. The van der Waals surface area contributed by atoms with Gasteiger partial charge in [-0.2, -0.15) is 5.10 Å². The molecular formula is C19H21N7O2. The summed E-state index contributed by atoms with van der Waals surface area (Å²) in [7, 11) is 0. The molecule has 1 amide bonds. The van der Waals surface area contributed by atoms with E-state index in [1.54, 1.807) is 13.1 Å². The van der Waals surface area contributed by atoms with Crippen molar-refractivity contribution in [1.29, 1.82) is 0 Å². The maximum absolute atomic E-state index is 11.4. The van der Waals surface area contributed by atoms with Crippen molar-refractivity contribution in [3.63, 3.8) is 0 Å². The van der Waals surface area contributed by atoms with Crippen LogP contribution in [0.15, 0.2) is 30.5 Å². The number of imidazole rings is 1. The van der Waals surface area contributed by atoms with Gasteiger partial charge < -0.3 is 20.3 Å². The number of carbonyl (C=O) groups is 1. The van der Waals surface area contributed by atoms with Crippen molar-refractivity contribution in [1.82, 2.24) is 29.6 Å². The minimum absolute atomic E-state index is 0.196.